The van der Waals surface area contributed by atoms with E-state index in [4.69, 9.17) is 9.47 Å². The third kappa shape index (κ3) is 5.23. The number of aromatic nitrogens is 1. The Kier molecular flexibility index (Phi) is 6.96. The number of carbonyl (C=O) groups is 1. The zero-order valence-electron chi connectivity index (χ0n) is 15.3. The average molecular weight is 363 g/mol. The molecule has 3 heterocycles. The predicted octanol–water partition coefficient (Wildman–Crippen LogP) is 0.717. The number of pyridine rings is 1. The molecule has 1 amide bonds. The SMILES string of the molecule is CCNC(=O)C[C@H]1CC[C@@H]2[C@H](COC[C@@H](O)CN2Cc2ccncc2)O1. The van der Waals surface area contributed by atoms with Gasteiger partial charge in [0.1, 0.15) is 0 Å². The Morgan fingerprint density at radius 1 is 1.35 bits per heavy atom. The summed E-state index contributed by atoms with van der Waals surface area (Å²) in [7, 11) is 0. The van der Waals surface area contributed by atoms with E-state index in [-0.39, 0.29) is 24.2 Å². The Hall–Kier alpha value is -1.54. The van der Waals surface area contributed by atoms with E-state index < -0.39 is 6.10 Å². The molecule has 7 nitrogen and oxygen atoms in total. The number of hydrogen-bond acceptors (Lipinski definition) is 6. The predicted molar refractivity (Wildman–Crippen MR) is 96.5 cm³/mol. The van der Waals surface area contributed by atoms with E-state index in [2.05, 4.69) is 15.2 Å². The number of aliphatic hydroxyl groups is 1. The Morgan fingerprint density at radius 2 is 2.15 bits per heavy atom. The second-order valence-electron chi connectivity index (χ2n) is 7.08. The number of rotatable bonds is 5. The molecule has 144 valence electrons. The van der Waals surface area contributed by atoms with Crippen molar-refractivity contribution in [3.8, 4) is 0 Å². The summed E-state index contributed by atoms with van der Waals surface area (Å²) in [5.74, 6) is 0.0341. The second-order valence-corrected chi connectivity index (χ2v) is 7.08. The number of hydrogen-bond donors (Lipinski definition) is 2. The van der Waals surface area contributed by atoms with Crippen molar-refractivity contribution in [1.29, 1.82) is 0 Å². The maximum Gasteiger partial charge on any atom is 0.222 e. The Morgan fingerprint density at radius 3 is 2.92 bits per heavy atom. The van der Waals surface area contributed by atoms with E-state index >= 15 is 0 Å². The van der Waals surface area contributed by atoms with Crippen LogP contribution in [0.4, 0.5) is 0 Å². The van der Waals surface area contributed by atoms with Crippen LogP contribution in [0.25, 0.3) is 0 Å². The molecular weight excluding hydrogens is 334 g/mol. The highest BCUT2D eigenvalue weighted by atomic mass is 16.5. The van der Waals surface area contributed by atoms with Crippen LogP contribution in [0.2, 0.25) is 0 Å². The van der Waals surface area contributed by atoms with Crippen molar-refractivity contribution in [3.63, 3.8) is 0 Å². The van der Waals surface area contributed by atoms with Gasteiger partial charge in [-0.15, -0.1) is 0 Å². The van der Waals surface area contributed by atoms with E-state index in [9.17, 15) is 9.90 Å². The number of amides is 1. The van der Waals surface area contributed by atoms with Crippen LogP contribution < -0.4 is 5.32 Å². The molecule has 0 bridgehead atoms. The number of nitrogens with one attached hydrogen (secondary N) is 1. The summed E-state index contributed by atoms with van der Waals surface area (Å²) in [6.07, 6.45) is 5.06. The zero-order chi connectivity index (χ0) is 18.4. The summed E-state index contributed by atoms with van der Waals surface area (Å²) in [4.78, 5) is 18.2. The molecule has 7 heteroatoms. The molecule has 1 aromatic heterocycles. The molecule has 26 heavy (non-hydrogen) atoms. The van der Waals surface area contributed by atoms with Crippen LogP contribution in [-0.4, -0.2) is 71.6 Å². The van der Waals surface area contributed by atoms with Gasteiger partial charge < -0.3 is 19.9 Å². The smallest absolute Gasteiger partial charge is 0.222 e. The van der Waals surface area contributed by atoms with Crippen LogP contribution in [0.3, 0.4) is 0 Å². The Labute approximate surface area is 154 Å². The maximum absolute atomic E-state index is 11.9. The monoisotopic (exact) mass is 363 g/mol. The Balaban J connectivity index is 1.67. The first-order valence-electron chi connectivity index (χ1n) is 9.46. The fourth-order valence-electron chi connectivity index (χ4n) is 3.83. The summed E-state index contributed by atoms with van der Waals surface area (Å²) in [6, 6.07) is 4.17. The van der Waals surface area contributed by atoms with Gasteiger partial charge >= 0.3 is 0 Å². The summed E-state index contributed by atoms with van der Waals surface area (Å²) >= 11 is 0. The molecule has 2 N–H and O–H groups in total. The topological polar surface area (TPSA) is 83.9 Å². The van der Waals surface area contributed by atoms with Gasteiger partial charge in [0, 0.05) is 38.1 Å². The van der Waals surface area contributed by atoms with Crippen LogP contribution in [0.5, 0.6) is 0 Å². The van der Waals surface area contributed by atoms with Gasteiger partial charge in [0.15, 0.2) is 0 Å². The normalized spacial score (nSPS) is 30.1. The molecule has 0 aliphatic carbocycles. The van der Waals surface area contributed by atoms with Gasteiger partial charge in [-0.2, -0.15) is 0 Å². The first-order chi connectivity index (χ1) is 12.7. The lowest BCUT2D eigenvalue weighted by molar-refractivity contribution is -0.158. The molecular formula is C19H29N3O4. The zero-order valence-corrected chi connectivity index (χ0v) is 15.3. The largest absolute Gasteiger partial charge is 0.389 e. The van der Waals surface area contributed by atoms with E-state index in [0.717, 1.165) is 24.9 Å². The number of ether oxygens (including phenoxy) is 2. The van der Waals surface area contributed by atoms with Gasteiger partial charge in [0.05, 0.1) is 37.9 Å². The lowest BCUT2D eigenvalue weighted by atomic mass is 9.94. The van der Waals surface area contributed by atoms with Gasteiger partial charge in [-0.3, -0.25) is 14.7 Å². The van der Waals surface area contributed by atoms with Crippen LogP contribution in [0, 0.1) is 0 Å². The molecule has 0 spiro atoms. The van der Waals surface area contributed by atoms with E-state index in [1.807, 2.05) is 19.1 Å². The number of aliphatic hydroxyl groups excluding tert-OH is 1. The van der Waals surface area contributed by atoms with Crippen molar-refractivity contribution in [3.05, 3.63) is 30.1 Å². The molecule has 0 unspecified atom stereocenters. The van der Waals surface area contributed by atoms with Crippen molar-refractivity contribution < 1.29 is 19.4 Å². The number of carbonyl (C=O) groups excluding carboxylic acids is 1. The van der Waals surface area contributed by atoms with E-state index in [1.54, 1.807) is 12.4 Å². The summed E-state index contributed by atoms with van der Waals surface area (Å²) in [5.41, 5.74) is 1.16. The van der Waals surface area contributed by atoms with Crippen molar-refractivity contribution in [2.24, 2.45) is 0 Å². The van der Waals surface area contributed by atoms with Crippen LogP contribution in [0.15, 0.2) is 24.5 Å². The molecule has 0 radical (unpaired) electrons. The first-order valence-corrected chi connectivity index (χ1v) is 9.46. The van der Waals surface area contributed by atoms with Gasteiger partial charge in [0.25, 0.3) is 0 Å². The van der Waals surface area contributed by atoms with Crippen molar-refractivity contribution in [1.82, 2.24) is 15.2 Å². The third-order valence-corrected chi connectivity index (χ3v) is 5.01. The molecule has 3 rings (SSSR count). The van der Waals surface area contributed by atoms with Gasteiger partial charge in [0.2, 0.25) is 5.91 Å². The highest BCUT2D eigenvalue weighted by molar-refractivity contribution is 5.76. The fourth-order valence-corrected chi connectivity index (χ4v) is 3.83. The summed E-state index contributed by atoms with van der Waals surface area (Å²) in [5, 5.41) is 13.0. The number of nitrogens with zero attached hydrogens (tertiary/aromatic N) is 2. The molecule has 2 saturated heterocycles. The molecule has 2 aliphatic heterocycles. The quantitative estimate of drug-likeness (QED) is 0.802. The lowest BCUT2D eigenvalue weighted by Gasteiger charge is -2.44. The van der Waals surface area contributed by atoms with E-state index in [0.29, 0.717) is 32.7 Å². The molecule has 1 aromatic rings. The molecule has 4 atom stereocenters. The minimum Gasteiger partial charge on any atom is -0.389 e. The van der Waals surface area contributed by atoms with E-state index in [1.165, 1.54) is 0 Å². The van der Waals surface area contributed by atoms with Crippen LogP contribution >= 0.6 is 0 Å². The minimum absolute atomic E-state index is 0.0341. The van der Waals surface area contributed by atoms with Crippen LogP contribution in [0.1, 0.15) is 31.7 Å². The molecule has 0 saturated carbocycles. The number of β-amino-alcohol motifs (C(OH)–C–C–N with tert-alkyl or cyclic N) is 1. The van der Waals surface area contributed by atoms with Gasteiger partial charge in [-0.1, -0.05) is 0 Å². The van der Waals surface area contributed by atoms with Crippen molar-refractivity contribution >= 4 is 5.91 Å². The Bertz CT molecular complexity index is 571. The second kappa shape index (κ2) is 9.41. The van der Waals surface area contributed by atoms with Gasteiger partial charge in [-0.25, -0.2) is 0 Å². The highest BCUT2D eigenvalue weighted by Crippen LogP contribution is 2.28. The standard InChI is InChI=1S/C19H29N3O4/c1-2-21-19(24)9-16-3-4-17-18(26-16)13-25-12-15(23)11-22(17)10-14-5-7-20-8-6-14/h5-8,15-18,23H,2-4,9-13H2,1H3,(H,21,24)/t15-,16+,17+,18-/m0/s1. The van der Waals surface area contributed by atoms with Gasteiger partial charge in [-0.05, 0) is 37.5 Å². The van der Waals surface area contributed by atoms with Crippen molar-refractivity contribution in [2.45, 2.75) is 57.1 Å². The molecule has 2 aliphatic rings. The fraction of sp³-hybridized carbons (Fsp3) is 0.684. The van der Waals surface area contributed by atoms with Crippen LogP contribution in [-0.2, 0) is 20.8 Å². The summed E-state index contributed by atoms with van der Waals surface area (Å²) < 4.78 is 11.9. The highest BCUT2D eigenvalue weighted by Gasteiger charge is 2.37. The molecule has 0 aromatic carbocycles. The lowest BCUT2D eigenvalue weighted by Crippen LogP contribution is -2.55. The third-order valence-electron chi connectivity index (χ3n) is 5.01. The maximum atomic E-state index is 11.9. The summed E-state index contributed by atoms with van der Waals surface area (Å²) in [6.45, 7) is 4.60. The molecule has 2 fully saturated rings. The first kappa shape index (κ1) is 19.2. The van der Waals surface area contributed by atoms with Crippen molar-refractivity contribution in [2.75, 3.05) is 26.3 Å². The average Bonchev–Trinajstić information content (AvgIpc) is 2.61. The number of fused-ring (bicyclic) bond motifs is 1. The minimum atomic E-state index is -0.508.